The van der Waals surface area contributed by atoms with Crippen LogP contribution in [0.2, 0.25) is 0 Å². The molecule has 0 fully saturated rings. The summed E-state index contributed by atoms with van der Waals surface area (Å²) in [6, 6.07) is 2.88. The fourth-order valence-electron chi connectivity index (χ4n) is 2.34. The molecule has 5 N–H and O–H groups in total. The number of hydrogen-bond donors (Lipinski definition) is 5. The first-order valence-corrected chi connectivity index (χ1v) is 8.73. The van der Waals surface area contributed by atoms with Gasteiger partial charge in [0.15, 0.2) is 0 Å². The Morgan fingerprint density at radius 3 is 1.67 bits per heavy atom. The second-order valence-corrected chi connectivity index (χ2v) is 6.13. The largest absolute Gasteiger partial charge is 0.353 e. The SMILES string of the molecule is C[C@@H]1NC(=O)c2cccc(n2)C(=O)N[C@@H](C)C(=O)NCCNCCNC1=O. The molecule has 1 aromatic heterocycles. The van der Waals surface area contributed by atoms with Gasteiger partial charge in [-0.25, -0.2) is 4.98 Å². The molecule has 1 aromatic rings. The van der Waals surface area contributed by atoms with E-state index in [1.54, 1.807) is 13.8 Å². The average molecular weight is 376 g/mol. The molecule has 1 aliphatic rings. The maximum Gasteiger partial charge on any atom is 0.270 e. The number of carbonyl (C=O) groups is 4. The molecule has 4 amide bonds. The molecule has 0 saturated heterocycles. The zero-order chi connectivity index (χ0) is 19.8. The van der Waals surface area contributed by atoms with Crippen molar-refractivity contribution in [2.45, 2.75) is 25.9 Å². The van der Waals surface area contributed by atoms with Crippen LogP contribution < -0.4 is 26.6 Å². The molecule has 0 spiro atoms. The van der Waals surface area contributed by atoms with E-state index in [4.69, 9.17) is 0 Å². The molecular formula is C17H24N6O4. The predicted octanol–water partition coefficient (Wildman–Crippen LogP) is -1.85. The number of hydrogen-bond acceptors (Lipinski definition) is 6. The van der Waals surface area contributed by atoms with E-state index in [9.17, 15) is 19.2 Å². The van der Waals surface area contributed by atoms with Gasteiger partial charge in [-0.1, -0.05) is 6.07 Å². The predicted molar refractivity (Wildman–Crippen MR) is 97.0 cm³/mol. The van der Waals surface area contributed by atoms with Gasteiger partial charge in [-0.3, -0.25) is 19.2 Å². The number of amides is 4. The highest BCUT2D eigenvalue weighted by atomic mass is 16.2. The molecule has 0 saturated carbocycles. The third-order valence-electron chi connectivity index (χ3n) is 3.90. The van der Waals surface area contributed by atoms with Crippen molar-refractivity contribution in [2.24, 2.45) is 0 Å². The van der Waals surface area contributed by atoms with Crippen LogP contribution in [0.5, 0.6) is 0 Å². The van der Waals surface area contributed by atoms with Crippen LogP contribution in [0.25, 0.3) is 0 Å². The van der Waals surface area contributed by atoms with E-state index >= 15 is 0 Å². The minimum atomic E-state index is -0.755. The number of aromatic nitrogens is 1. The number of rotatable bonds is 0. The summed E-state index contributed by atoms with van der Waals surface area (Å²) in [6.45, 7) is 4.91. The van der Waals surface area contributed by atoms with E-state index in [0.29, 0.717) is 26.2 Å². The molecule has 2 atom stereocenters. The van der Waals surface area contributed by atoms with Crippen LogP contribution in [-0.4, -0.2) is 66.9 Å². The zero-order valence-corrected chi connectivity index (χ0v) is 15.3. The fraction of sp³-hybridized carbons (Fsp3) is 0.471. The molecule has 2 rings (SSSR count). The number of carbonyl (C=O) groups excluding carboxylic acids is 4. The van der Waals surface area contributed by atoms with Gasteiger partial charge in [0.25, 0.3) is 11.8 Å². The Balaban J connectivity index is 2.17. The molecule has 146 valence electrons. The van der Waals surface area contributed by atoms with Crippen molar-refractivity contribution >= 4 is 23.6 Å². The molecule has 0 radical (unpaired) electrons. The highest BCUT2D eigenvalue weighted by Crippen LogP contribution is 2.01. The summed E-state index contributed by atoms with van der Waals surface area (Å²) in [5.41, 5.74) is 0.00405. The van der Waals surface area contributed by atoms with E-state index in [1.807, 2.05) is 0 Å². The Bertz CT molecular complexity index is 668. The molecule has 0 aliphatic carbocycles. The molecular weight excluding hydrogens is 352 g/mol. The van der Waals surface area contributed by atoms with Crippen molar-refractivity contribution in [3.8, 4) is 0 Å². The smallest absolute Gasteiger partial charge is 0.270 e. The number of fused-ring (bicyclic) bond motifs is 2. The van der Waals surface area contributed by atoms with Gasteiger partial charge in [0.2, 0.25) is 11.8 Å². The van der Waals surface area contributed by atoms with E-state index in [1.165, 1.54) is 18.2 Å². The lowest BCUT2D eigenvalue weighted by Crippen LogP contribution is -2.48. The Morgan fingerprint density at radius 1 is 0.778 bits per heavy atom. The Morgan fingerprint density at radius 2 is 1.22 bits per heavy atom. The van der Waals surface area contributed by atoms with E-state index in [2.05, 4.69) is 31.6 Å². The molecule has 2 bridgehead atoms. The summed E-state index contributed by atoms with van der Waals surface area (Å²) < 4.78 is 0. The van der Waals surface area contributed by atoms with E-state index in [0.717, 1.165) is 0 Å². The highest BCUT2D eigenvalue weighted by molar-refractivity contribution is 5.99. The van der Waals surface area contributed by atoms with Gasteiger partial charge >= 0.3 is 0 Å². The Kier molecular flexibility index (Phi) is 7.24. The fourth-order valence-corrected chi connectivity index (χ4v) is 2.34. The van der Waals surface area contributed by atoms with Crippen LogP contribution in [0.15, 0.2) is 18.2 Å². The monoisotopic (exact) mass is 376 g/mol. The van der Waals surface area contributed by atoms with Gasteiger partial charge in [0.1, 0.15) is 23.5 Å². The first-order valence-electron chi connectivity index (χ1n) is 8.73. The number of nitrogens with zero attached hydrogens (tertiary/aromatic N) is 1. The van der Waals surface area contributed by atoms with Crippen LogP contribution in [0, 0.1) is 0 Å². The summed E-state index contributed by atoms with van der Waals surface area (Å²) in [4.78, 5) is 52.6. The molecule has 10 heteroatoms. The molecule has 2 heterocycles. The first-order chi connectivity index (χ1) is 12.9. The summed E-state index contributed by atoms with van der Waals surface area (Å²) in [7, 11) is 0. The van der Waals surface area contributed by atoms with Gasteiger partial charge in [0, 0.05) is 26.2 Å². The quantitative estimate of drug-likeness (QED) is 0.360. The van der Waals surface area contributed by atoms with Crippen molar-refractivity contribution in [1.29, 1.82) is 0 Å². The third kappa shape index (κ3) is 6.03. The summed E-state index contributed by atoms with van der Waals surface area (Å²) >= 11 is 0. The highest BCUT2D eigenvalue weighted by Gasteiger charge is 2.20. The van der Waals surface area contributed by atoms with Crippen molar-refractivity contribution < 1.29 is 19.2 Å². The second kappa shape index (κ2) is 9.62. The second-order valence-electron chi connectivity index (χ2n) is 6.13. The van der Waals surface area contributed by atoms with E-state index in [-0.39, 0.29) is 23.2 Å². The summed E-state index contributed by atoms with van der Waals surface area (Å²) in [6.07, 6.45) is 0. The van der Waals surface area contributed by atoms with Crippen LogP contribution in [-0.2, 0) is 9.59 Å². The van der Waals surface area contributed by atoms with Crippen molar-refractivity contribution in [3.63, 3.8) is 0 Å². The Hall–Kier alpha value is -3.01. The molecule has 0 aromatic carbocycles. The van der Waals surface area contributed by atoms with E-state index < -0.39 is 23.9 Å². The van der Waals surface area contributed by atoms with Gasteiger partial charge in [-0.2, -0.15) is 0 Å². The summed E-state index contributed by atoms with van der Waals surface area (Å²) in [5.74, 6) is -1.81. The van der Waals surface area contributed by atoms with Gasteiger partial charge in [-0.05, 0) is 26.0 Å². The number of nitrogens with one attached hydrogen (secondary N) is 5. The minimum Gasteiger partial charge on any atom is -0.353 e. The zero-order valence-electron chi connectivity index (χ0n) is 15.3. The van der Waals surface area contributed by atoms with Crippen molar-refractivity contribution in [3.05, 3.63) is 29.6 Å². The molecule has 10 nitrogen and oxygen atoms in total. The standard InChI is InChI=1S/C17H24N6O4/c1-10-14(24)19-8-6-18-7-9-20-15(25)11(2)22-17(27)13-5-3-4-12(23-13)16(26)21-10/h3-5,10-11,18H,6-9H2,1-2H3,(H,19,24)(H,20,25)(H,21,26)(H,22,27)/t10-,11-/m0/s1. The normalized spacial score (nSPS) is 23.2. The van der Waals surface area contributed by atoms with Crippen LogP contribution >= 0.6 is 0 Å². The van der Waals surface area contributed by atoms with Crippen LogP contribution in [0.1, 0.15) is 34.8 Å². The molecule has 0 unspecified atom stereocenters. The van der Waals surface area contributed by atoms with Gasteiger partial charge in [0.05, 0.1) is 0 Å². The van der Waals surface area contributed by atoms with Crippen LogP contribution in [0.4, 0.5) is 0 Å². The topological polar surface area (TPSA) is 141 Å². The lowest BCUT2D eigenvalue weighted by Gasteiger charge is -2.16. The number of pyridine rings is 1. The van der Waals surface area contributed by atoms with Gasteiger partial charge in [-0.15, -0.1) is 0 Å². The van der Waals surface area contributed by atoms with Crippen LogP contribution in [0.3, 0.4) is 0 Å². The first kappa shape index (κ1) is 20.3. The third-order valence-corrected chi connectivity index (χ3v) is 3.90. The van der Waals surface area contributed by atoms with Crippen molar-refractivity contribution in [2.75, 3.05) is 26.2 Å². The molecule has 27 heavy (non-hydrogen) atoms. The lowest BCUT2D eigenvalue weighted by molar-refractivity contribution is -0.123. The Labute approximate surface area is 156 Å². The molecule has 1 aliphatic heterocycles. The maximum atomic E-state index is 12.3. The minimum absolute atomic E-state index is 0.00203. The maximum absolute atomic E-state index is 12.3. The average Bonchev–Trinajstić information content (AvgIpc) is 2.65. The van der Waals surface area contributed by atoms with Gasteiger partial charge < -0.3 is 26.6 Å². The van der Waals surface area contributed by atoms with Crippen molar-refractivity contribution in [1.82, 2.24) is 31.6 Å². The summed E-state index contributed by atoms with van der Waals surface area (Å²) in [5, 5.41) is 13.6. The lowest BCUT2D eigenvalue weighted by atomic mass is 10.2.